The molecule has 0 radical (unpaired) electrons. The van der Waals surface area contributed by atoms with Crippen molar-refractivity contribution in [3.63, 3.8) is 0 Å². The van der Waals surface area contributed by atoms with Gasteiger partial charge in [0.1, 0.15) is 6.61 Å². The first kappa shape index (κ1) is 13.9. The number of benzene rings is 1. The summed E-state index contributed by atoms with van der Waals surface area (Å²) in [7, 11) is 0. The number of aryl methyl sites for hydroxylation is 1. The van der Waals surface area contributed by atoms with Crippen molar-refractivity contribution in [1.82, 2.24) is 5.32 Å². The molecule has 1 aliphatic rings. The summed E-state index contributed by atoms with van der Waals surface area (Å²) < 4.78 is 0. The Hall–Kier alpha value is -1.55. The lowest BCUT2D eigenvalue weighted by Gasteiger charge is -2.05. The molecule has 1 aliphatic heterocycles. The molecule has 2 rings (SSSR count). The molecule has 0 spiro atoms. The van der Waals surface area contributed by atoms with Crippen molar-refractivity contribution in [3.8, 4) is 5.75 Å². The fraction of sp³-hybridized carbons (Fsp3) is 0.533. The second kappa shape index (κ2) is 7.14. The Kier molecular flexibility index (Phi) is 5.21. The highest BCUT2D eigenvalue weighted by atomic mass is 17.2. The van der Waals surface area contributed by atoms with Gasteiger partial charge in [0.15, 0.2) is 5.75 Å². The largest absolute Gasteiger partial charge is 0.356 e. The van der Waals surface area contributed by atoms with Gasteiger partial charge in [0.25, 0.3) is 0 Å². The number of fused-ring (bicyclic) bond motifs is 1. The average Bonchev–Trinajstić information content (AvgIpc) is 2.89. The molecular weight excluding hydrogens is 242 g/mol. The first-order chi connectivity index (χ1) is 9.29. The van der Waals surface area contributed by atoms with Crippen molar-refractivity contribution >= 4 is 5.91 Å². The number of carbonyl (C=O) groups excluding carboxylic acids is 1. The second-order valence-corrected chi connectivity index (χ2v) is 4.84. The van der Waals surface area contributed by atoms with E-state index in [-0.39, 0.29) is 5.91 Å². The lowest BCUT2D eigenvalue weighted by Crippen LogP contribution is -2.24. The maximum atomic E-state index is 11.6. The lowest BCUT2D eigenvalue weighted by molar-refractivity contribution is -0.194. The van der Waals surface area contributed by atoms with Gasteiger partial charge in [-0.25, -0.2) is 0 Å². The number of unbranched alkanes of at least 4 members (excludes halogenated alkanes) is 2. The molecule has 4 nitrogen and oxygen atoms in total. The Morgan fingerprint density at radius 1 is 1.37 bits per heavy atom. The maximum Gasteiger partial charge on any atom is 0.220 e. The van der Waals surface area contributed by atoms with Crippen LogP contribution in [0.25, 0.3) is 0 Å². The fourth-order valence-corrected chi connectivity index (χ4v) is 2.06. The van der Waals surface area contributed by atoms with E-state index in [1.165, 1.54) is 12.8 Å². The molecule has 0 atom stereocenters. The highest BCUT2D eigenvalue weighted by Crippen LogP contribution is 2.27. The first-order valence-corrected chi connectivity index (χ1v) is 6.97. The molecule has 0 aromatic heterocycles. The topological polar surface area (TPSA) is 47.6 Å². The van der Waals surface area contributed by atoms with E-state index in [1.54, 1.807) is 0 Å². The van der Waals surface area contributed by atoms with Gasteiger partial charge in [-0.2, -0.15) is 4.89 Å². The molecule has 0 aliphatic carbocycles. The van der Waals surface area contributed by atoms with Crippen molar-refractivity contribution in [2.45, 2.75) is 45.6 Å². The molecule has 0 saturated heterocycles. The van der Waals surface area contributed by atoms with E-state index in [1.807, 2.05) is 18.2 Å². The zero-order chi connectivity index (χ0) is 13.5. The quantitative estimate of drug-likeness (QED) is 0.608. The first-order valence-electron chi connectivity index (χ1n) is 6.97. The lowest BCUT2D eigenvalue weighted by atomic mass is 10.1. The molecule has 1 amide bonds. The Balaban J connectivity index is 1.71. The molecule has 1 heterocycles. The zero-order valence-corrected chi connectivity index (χ0v) is 11.4. The maximum absolute atomic E-state index is 11.6. The number of rotatable bonds is 7. The standard InChI is InChI=1S/C15H21NO3/c1-2-3-4-9-16-15(17)8-6-12-5-7-13-11-18-19-14(13)10-12/h5,7,10H,2-4,6,8-9,11H2,1H3,(H,16,17). The van der Waals surface area contributed by atoms with Gasteiger partial charge in [-0.15, -0.1) is 0 Å². The predicted molar refractivity (Wildman–Crippen MR) is 72.7 cm³/mol. The molecule has 0 saturated carbocycles. The third-order valence-electron chi connectivity index (χ3n) is 3.24. The molecule has 1 aromatic carbocycles. The van der Waals surface area contributed by atoms with Crippen LogP contribution >= 0.6 is 0 Å². The molecule has 0 unspecified atom stereocenters. The number of hydrogen-bond acceptors (Lipinski definition) is 3. The Bertz CT molecular complexity index is 431. The zero-order valence-electron chi connectivity index (χ0n) is 11.4. The van der Waals surface area contributed by atoms with Crippen LogP contribution in [0, 0.1) is 0 Å². The van der Waals surface area contributed by atoms with Crippen LogP contribution in [0.15, 0.2) is 18.2 Å². The Labute approximate surface area is 114 Å². The molecule has 0 bridgehead atoms. The Morgan fingerprint density at radius 2 is 2.26 bits per heavy atom. The monoisotopic (exact) mass is 263 g/mol. The van der Waals surface area contributed by atoms with Crippen molar-refractivity contribution in [2.75, 3.05) is 6.54 Å². The van der Waals surface area contributed by atoms with Gasteiger partial charge >= 0.3 is 0 Å². The number of carbonyl (C=O) groups is 1. The molecule has 4 heteroatoms. The molecular formula is C15H21NO3. The number of hydrogen-bond donors (Lipinski definition) is 1. The second-order valence-electron chi connectivity index (χ2n) is 4.84. The van der Waals surface area contributed by atoms with Gasteiger partial charge in [0.05, 0.1) is 0 Å². The van der Waals surface area contributed by atoms with Crippen LogP contribution in [0.1, 0.15) is 43.7 Å². The molecule has 19 heavy (non-hydrogen) atoms. The van der Waals surface area contributed by atoms with Gasteiger partial charge in [-0.1, -0.05) is 31.9 Å². The third kappa shape index (κ3) is 4.24. The Morgan fingerprint density at radius 3 is 3.11 bits per heavy atom. The fourth-order valence-electron chi connectivity index (χ4n) is 2.06. The highest BCUT2D eigenvalue weighted by molar-refractivity contribution is 5.76. The van der Waals surface area contributed by atoms with Crippen molar-refractivity contribution < 1.29 is 14.6 Å². The van der Waals surface area contributed by atoms with E-state index >= 15 is 0 Å². The SMILES string of the molecule is CCCCCNC(=O)CCc1ccc2c(c1)OOC2. The van der Waals surface area contributed by atoms with E-state index in [9.17, 15) is 4.79 Å². The van der Waals surface area contributed by atoms with Crippen molar-refractivity contribution in [2.24, 2.45) is 0 Å². The average molecular weight is 263 g/mol. The third-order valence-corrected chi connectivity index (χ3v) is 3.24. The van der Waals surface area contributed by atoms with E-state index in [0.29, 0.717) is 13.0 Å². The van der Waals surface area contributed by atoms with E-state index in [0.717, 1.165) is 36.3 Å². The van der Waals surface area contributed by atoms with E-state index in [4.69, 9.17) is 9.78 Å². The number of amides is 1. The van der Waals surface area contributed by atoms with E-state index in [2.05, 4.69) is 12.2 Å². The van der Waals surface area contributed by atoms with Gasteiger partial charge in [0, 0.05) is 18.5 Å². The molecule has 1 aromatic rings. The van der Waals surface area contributed by atoms with Gasteiger partial charge in [-0.05, 0) is 24.5 Å². The van der Waals surface area contributed by atoms with Crippen LogP contribution in [0.2, 0.25) is 0 Å². The minimum absolute atomic E-state index is 0.119. The van der Waals surface area contributed by atoms with Crippen LogP contribution in [-0.4, -0.2) is 12.5 Å². The van der Waals surface area contributed by atoms with Crippen LogP contribution in [-0.2, 0) is 22.7 Å². The predicted octanol–water partition coefficient (Wildman–Crippen LogP) is 2.75. The summed E-state index contributed by atoms with van der Waals surface area (Å²) in [5.74, 6) is 0.898. The highest BCUT2D eigenvalue weighted by Gasteiger charge is 2.14. The summed E-state index contributed by atoms with van der Waals surface area (Å²) in [5, 5.41) is 2.95. The summed E-state index contributed by atoms with van der Waals surface area (Å²) >= 11 is 0. The summed E-state index contributed by atoms with van der Waals surface area (Å²) in [6.07, 6.45) is 4.66. The minimum atomic E-state index is 0.119. The molecule has 0 fully saturated rings. The van der Waals surface area contributed by atoms with Crippen molar-refractivity contribution in [3.05, 3.63) is 29.3 Å². The van der Waals surface area contributed by atoms with Crippen molar-refractivity contribution in [1.29, 1.82) is 0 Å². The van der Waals surface area contributed by atoms with Gasteiger partial charge in [-0.3, -0.25) is 4.79 Å². The van der Waals surface area contributed by atoms with E-state index < -0.39 is 0 Å². The van der Waals surface area contributed by atoms with Crippen LogP contribution in [0.3, 0.4) is 0 Å². The summed E-state index contributed by atoms with van der Waals surface area (Å²) in [5.41, 5.74) is 2.17. The van der Waals surface area contributed by atoms with Crippen LogP contribution in [0.5, 0.6) is 5.75 Å². The van der Waals surface area contributed by atoms with Gasteiger partial charge in [0.2, 0.25) is 5.91 Å². The van der Waals surface area contributed by atoms with Crippen LogP contribution in [0.4, 0.5) is 0 Å². The van der Waals surface area contributed by atoms with Gasteiger partial charge < -0.3 is 10.2 Å². The summed E-state index contributed by atoms with van der Waals surface area (Å²) in [4.78, 5) is 21.6. The normalized spacial score (nSPS) is 12.9. The minimum Gasteiger partial charge on any atom is -0.356 e. The number of nitrogens with one attached hydrogen (secondary N) is 1. The summed E-state index contributed by atoms with van der Waals surface area (Å²) in [6.45, 7) is 3.45. The summed E-state index contributed by atoms with van der Waals surface area (Å²) in [6, 6.07) is 5.98. The molecule has 104 valence electrons. The molecule has 1 N–H and O–H groups in total. The van der Waals surface area contributed by atoms with Crippen LogP contribution < -0.4 is 10.2 Å². The smallest absolute Gasteiger partial charge is 0.220 e.